The average Bonchev–Trinajstić information content (AvgIpc) is 2.17. The predicted molar refractivity (Wildman–Crippen MR) is 48.2 cm³/mol. The minimum Gasteiger partial charge on any atom is -0.397 e. The van der Waals surface area contributed by atoms with Gasteiger partial charge in [0.05, 0.1) is 11.4 Å². The highest BCUT2D eigenvalue weighted by Gasteiger charge is 2.32. The van der Waals surface area contributed by atoms with Gasteiger partial charge in [0, 0.05) is 18.2 Å². The van der Waals surface area contributed by atoms with Crippen LogP contribution in [0.1, 0.15) is 17.7 Å². The number of ether oxygens (including phenoxy) is 1. The summed E-state index contributed by atoms with van der Waals surface area (Å²) in [4.78, 5) is 3.29. The maximum Gasteiger partial charge on any atom is 0.574 e. The number of nitrogens with two attached hydrogens (primary N) is 2. The zero-order valence-electron chi connectivity index (χ0n) is 8.26. The van der Waals surface area contributed by atoms with Crippen molar-refractivity contribution in [2.45, 2.75) is 19.3 Å². The summed E-state index contributed by atoms with van der Waals surface area (Å²) in [6.07, 6.45) is -8.06. The molecule has 1 aromatic heterocycles. The van der Waals surface area contributed by atoms with Gasteiger partial charge in [0.15, 0.2) is 0 Å². The quantitative estimate of drug-likeness (QED) is 0.812. The van der Waals surface area contributed by atoms with Crippen LogP contribution >= 0.6 is 0 Å². The van der Waals surface area contributed by atoms with Gasteiger partial charge < -0.3 is 16.2 Å². The molecule has 0 spiro atoms. The van der Waals surface area contributed by atoms with E-state index in [-0.39, 0.29) is 12.2 Å². The molecule has 0 bridgehead atoms. The summed E-state index contributed by atoms with van der Waals surface area (Å²) in [5, 5.41) is 0. The maximum absolute atomic E-state index is 12.5. The lowest BCUT2D eigenvalue weighted by molar-refractivity contribution is -0.276. The average molecular weight is 257 g/mol. The highest BCUT2D eigenvalue weighted by molar-refractivity contribution is 5.53. The Morgan fingerprint density at radius 3 is 2.35 bits per heavy atom. The lowest BCUT2D eigenvalue weighted by Crippen LogP contribution is -2.19. The monoisotopic (exact) mass is 257 g/mol. The topological polar surface area (TPSA) is 74.2 Å². The van der Waals surface area contributed by atoms with E-state index in [9.17, 15) is 22.0 Å². The van der Waals surface area contributed by atoms with E-state index in [2.05, 4.69) is 9.72 Å². The van der Waals surface area contributed by atoms with Gasteiger partial charge in [-0.3, -0.25) is 0 Å². The van der Waals surface area contributed by atoms with Crippen LogP contribution in [0.5, 0.6) is 5.88 Å². The van der Waals surface area contributed by atoms with Crippen molar-refractivity contribution in [2.75, 3.05) is 5.73 Å². The van der Waals surface area contributed by atoms with Crippen molar-refractivity contribution in [3.8, 4) is 5.88 Å². The number of alkyl halides is 5. The molecule has 17 heavy (non-hydrogen) atoms. The highest BCUT2D eigenvalue weighted by atomic mass is 19.4. The number of hydrogen-bond donors (Lipinski definition) is 2. The normalized spacial score (nSPS) is 11.9. The third-order valence-corrected chi connectivity index (χ3v) is 1.79. The van der Waals surface area contributed by atoms with Crippen molar-refractivity contribution >= 4 is 5.69 Å². The number of hydrogen-bond acceptors (Lipinski definition) is 4. The van der Waals surface area contributed by atoms with E-state index >= 15 is 0 Å². The molecule has 96 valence electrons. The molecule has 0 aromatic carbocycles. The van der Waals surface area contributed by atoms with Gasteiger partial charge in [-0.1, -0.05) is 0 Å². The lowest BCUT2D eigenvalue weighted by atomic mass is 10.2. The number of rotatable bonds is 3. The fourth-order valence-corrected chi connectivity index (χ4v) is 1.11. The number of aromatic nitrogens is 1. The first-order valence-electron chi connectivity index (χ1n) is 4.28. The summed E-state index contributed by atoms with van der Waals surface area (Å²) < 4.78 is 64.1. The van der Waals surface area contributed by atoms with E-state index < -0.39 is 29.9 Å². The molecule has 0 saturated carbocycles. The van der Waals surface area contributed by atoms with Crippen molar-refractivity contribution in [3.63, 3.8) is 0 Å². The van der Waals surface area contributed by atoms with Gasteiger partial charge in [0.25, 0.3) is 6.43 Å². The number of anilines is 1. The minimum atomic E-state index is -5.02. The molecular weight excluding hydrogens is 249 g/mol. The van der Waals surface area contributed by atoms with Crippen molar-refractivity contribution in [3.05, 3.63) is 17.3 Å². The molecular formula is C8H8F5N3O. The molecule has 1 aromatic rings. The summed E-state index contributed by atoms with van der Waals surface area (Å²) in [5.74, 6) is -1.01. The molecule has 4 nitrogen and oxygen atoms in total. The summed E-state index contributed by atoms with van der Waals surface area (Å²) in [7, 11) is 0. The molecule has 0 aliphatic rings. The predicted octanol–water partition coefficient (Wildman–Crippen LogP) is 1.96. The third-order valence-electron chi connectivity index (χ3n) is 1.79. The van der Waals surface area contributed by atoms with Crippen LogP contribution < -0.4 is 16.2 Å². The standard InChI is InChI=1S/C8H8F5N3O/c9-7(10)3-1-5(17-8(11,12)13)16-4(2-14)6(3)15/h1,7H,2,14-15H2. The number of nitrogens with zero attached hydrogens (tertiary/aromatic N) is 1. The number of halogens is 5. The van der Waals surface area contributed by atoms with Crippen LogP contribution in [0.15, 0.2) is 6.07 Å². The van der Waals surface area contributed by atoms with Gasteiger partial charge >= 0.3 is 6.36 Å². The molecule has 0 amide bonds. The molecule has 0 fully saturated rings. The zero-order chi connectivity index (χ0) is 13.2. The fraction of sp³-hybridized carbons (Fsp3) is 0.375. The van der Waals surface area contributed by atoms with E-state index in [0.717, 1.165) is 0 Å². The Morgan fingerprint density at radius 2 is 1.94 bits per heavy atom. The Kier molecular flexibility index (Phi) is 3.71. The van der Waals surface area contributed by atoms with Gasteiger partial charge in [0.2, 0.25) is 5.88 Å². The van der Waals surface area contributed by atoms with Gasteiger partial charge in [-0.05, 0) is 0 Å². The van der Waals surface area contributed by atoms with Gasteiger partial charge in [-0.15, -0.1) is 13.2 Å². The Hall–Kier alpha value is -1.64. The number of nitrogen functional groups attached to an aromatic ring is 1. The molecule has 4 N–H and O–H groups in total. The van der Waals surface area contributed by atoms with Crippen molar-refractivity contribution in [2.24, 2.45) is 5.73 Å². The van der Waals surface area contributed by atoms with Crippen LogP contribution in [0.25, 0.3) is 0 Å². The Bertz CT molecular complexity index is 407. The molecule has 0 aliphatic carbocycles. The highest BCUT2D eigenvalue weighted by Crippen LogP contribution is 2.31. The summed E-state index contributed by atoms with van der Waals surface area (Å²) >= 11 is 0. The first-order chi connectivity index (χ1) is 7.74. The first-order valence-corrected chi connectivity index (χ1v) is 4.28. The van der Waals surface area contributed by atoms with E-state index in [1.165, 1.54) is 0 Å². The van der Waals surface area contributed by atoms with E-state index in [0.29, 0.717) is 6.07 Å². The maximum atomic E-state index is 12.5. The Labute approximate surface area is 92.4 Å². The third kappa shape index (κ3) is 3.41. The molecule has 0 unspecified atom stereocenters. The molecule has 0 saturated heterocycles. The van der Waals surface area contributed by atoms with E-state index in [1.54, 1.807) is 0 Å². The SMILES string of the molecule is NCc1nc(OC(F)(F)F)cc(C(F)F)c1N. The summed E-state index contributed by atoms with van der Waals surface area (Å²) in [5.41, 5.74) is 8.90. The molecule has 0 radical (unpaired) electrons. The van der Waals surface area contributed by atoms with Gasteiger partial charge in [-0.2, -0.15) is 0 Å². The second kappa shape index (κ2) is 4.70. The van der Waals surface area contributed by atoms with Crippen LogP contribution in [0.3, 0.4) is 0 Å². The smallest absolute Gasteiger partial charge is 0.397 e. The van der Waals surface area contributed by atoms with E-state index in [1.807, 2.05) is 0 Å². The Morgan fingerprint density at radius 1 is 1.35 bits per heavy atom. The molecule has 1 rings (SSSR count). The molecule has 0 aliphatic heterocycles. The van der Waals surface area contributed by atoms with Crippen molar-refractivity contribution in [1.82, 2.24) is 4.98 Å². The van der Waals surface area contributed by atoms with E-state index in [4.69, 9.17) is 11.5 Å². The zero-order valence-corrected chi connectivity index (χ0v) is 8.26. The van der Waals surface area contributed by atoms with Crippen molar-refractivity contribution < 1.29 is 26.7 Å². The van der Waals surface area contributed by atoms with Crippen LogP contribution in [0.2, 0.25) is 0 Å². The summed E-state index contributed by atoms with van der Waals surface area (Å²) in [6.45, 7) is -0.374. The molecule has 1 heterocycles. The fourth-order valence-electron chi connectivity index (χ4n) is 1.11. The Balaban J connectivity index is 3.21. The largest absolute Gasteiger partial charge is 0.574 e. The number of pyridine rings is 1. The lowest BCUT2D eigenvalue weighted by Gasteiger charge is -2.13. The minimum absolute atomic E-state index is 0.276. The molecule has 9 heteroatoms. The van der Waals surface area contributed by atoms with Crippen LogP contribution in [-0.2, 0) is 6.54 Å². The van der Waals surface area contributed by atoms with Gasteiger partial charge in [0.1, 0.15) is 0 Å². The van der Waals surface area contributed by atoms with Crippen molar-refractivity contribution in [1.29, 1.82) is 0 Å². The second-order valence-electron chi connectivity index (χ2n) is 2.96. The molecule has 0 atom stereocenters. The second-order valence-corrected chi connectivity index (χ2v) is 2.96. The van der Waals surface area contributed by atoms with Gasteiger partial charge in [-0.25, -0.2) is 13.8 Å². The van der Waals surface area contributed by atoms with Crippen LogP contribution in [-0.4, -0.2) is 11.3 Å². The first kappa shape index (κ1) is 13.4. The summed E-state index contributed by atoms with van der Waals surface area (Å²) in [6, 6.07) is 0.437. The van der Waals surface area contributed by atoms with Crippen LogP contribution in [0, 0.1) is 0 Å². The van der Waals surface area contributed by atoms with Crippen LogP contribution in [0.4, 0.5) is 27.6 Å².